The maximum Gasteiger partial charge on any atom is 0.271 e. The SMILES string of the molecule is CCC(CO)(CO)NC(=O)c1csc(CN)n1. The van der Waals surface area contributed by atoms with E-state index in [4.69, 9.17) is 5.73 Å². The van der Waals surface area contributed by atoms with Crippen LogP contribution in [0.15, 0.2) is 5.38 Å². The number of aliphatic hydroxyl groups excluding tert-OH is 2. The van der Waals surface area contributed by atoms with Gasteiger partial charge in [-0.1, -0.05) is 6.92 Å². The molecule has 0 bridgehead atoms. The van der Waals surface area contributed by atoms with Gasteiger partial charge in [0.25, 0.3) is 5.91 Å². The molecular formula is C10H17N3O3S. The Hall–Kier alpha value is -1.02. The number of aromatic nitrogens is 1. The number of amides is 1. The van der Waals surface area contributed by atoms with Crippen LogP contribution in [0.4, 0.5) is 0 Å². The van der Waals surface area contributed by atoms with Crippen LogP contribution in [0.3, 0.4) is 0 Å². The Morgan fingerprint density at radius 2 is 2.24 bits per heavy atom. The zero-order valence-electron chi connectivity index (χ0n) is 9.64. The second-order valence-corrected chi connectivity index (χ2v) is 4.68. The lowest BCUT2D eigenvalue weighted by molar-refractivity contribution is 0.0649. The summed E-state index contributed by atoms with van der Waals surface area (Å²) in [5.74, 6) is -0.411. The maximum atomic E-state index is 11.8. The van der Waals surface area contributed by atoms with Gasteiger partial charge in [0, 0.05) is 11.9 Å². The molecule has 0 aliphatic rings. The minimum atomic E-state index is -0.996. The molecule has 0 fully saturated rings. The number of rotatable bonds is 6. The Morgan fingerprint density at radius 3 is 2.65 bits per heavy atom. The molecule has 17 heavy (non-hydrogen) atoms. The minimum Gasteiger partial charge on any atom is -0.394 e. The standard InChI is InChI=1S/C10H17N3O3S/c1-2-10(5-14,6-15)13-9(16)7-4-17-8(3-11)12-7/h4,14-15H,2-3,5-6,11H2,1H3,(H,13,16). The van der Waals surface area contributed by atoms with E-state index >= 15 is 0 Å². The van der Waals surface area contributed by atoms with Crippen LogP contribution in [0.1, 0.15) is 28.8 Å². The molecule has 0 aliphatic heterocycles. The van der Waals surface area contributed by atoms with E-state index in [2.05, 4.69) is 10.3 Å². The van der Waals surface area contributed by atoms with Gasteiger partial charge in [0.15, 0.2) is 0 Å². The number of hydrogen-bond donors (Lipinski definition) is 4. The van der Waals surface area contributed by atoms with Gasteiger partial charge < -0.3 is 21.3 Å². The Balaban J connectivity index is 2.77. The van der Waals surface area contributed by atoms with Crippen molar-refractivity contribution in [2.24, 2.45) is 5.73 Å². The maximum absolute atomic E-state index is 11.8. The second kappa shape index (κ2) is 6.06. The van der Waals surface area contributed by atoms with Gasteiger partial charge in [0.05, 0.1) is 18.8 Å². The van der Waals surface area contributed by atoms with Crippen molar-refractivity contribution in [3.8, 4) is 0 Å². The number of thiazole rings is 1. The summed E-state index contributed by atoms with van der Waals surface area (Å²) < 4.78 is 0. The average molecular weight is 259 g/mol. The molecule has 0 radical (unpaired) electrons. The van der Waals surface area contributed by atoms with E-state index in [9.17, 15) is 15.0 Å². The highest BCUT2D eigenvalue weighted by atomic mass is 32.1. The van der Waals surface area contributed by atoms with Gasteiger partial charge in [-0.3, -0.25) is 4.79 Å². The summed E-state index contributed by atoms with van der Waals surface area (Å²) in [7, 11) is 0. The summed E-state index contributed by atoms with van der Waals surface area (Å²) in [5.41, 5.74) is 4.67. The molecule has 1 heterocycles. The number of carbonyl (C=O) groups excluding carboxylic acids is 1. The third kappa shape index (κ3) is 3.22. The molecular weight excluding hydrogens is 242 g/mol. The van der Waals surface area contributed by atoms with E-state index in [0.717, 1.165) is 0 Å². The molecule has 6 nitrogen and oxygen atoms in total. The van der Waals surface area contributed by atoms with Gasteiger partial charge in [-0.25, -0.2) is 4.98 Å². The lowest BCUT2D eigenvalue weighted by Gasteiger charge is -2.29. The molecule has 0 saturated carbocycles. The first-order chi connectivity index (χ1) is 8.10. The van der Waals surface area contributed by atoms with Crippen LogP contribution in [-0.2, 0) is 6.54 Å². The number of nitrogens with two attached hydrogens (primary N) is 1. The van der Waals surface area contributed by atoms with Crippen molar-refractivity contribution in [2.45, 2.75) is 25.4 Å². The summed E-state index contributed by atoms with van der Waals surface area (Å²) in [4.78, 5) is 15.9. The van der Waals surface area contributed by atoms with Crippen molar-refractivity contribution in [3.05, 3.63) is 16.1 Å². The normalized spacial score (nSPS) is 11.5. The molecule has 5 N–H and O–H groups in total. The fourth-order valence-corrected chi connectivity index (χ4v) is 1.91. The van der Waals surface area contributed by atoms with Crippen molar-refractivity contribution in [1.82, 2.24) is 10.3 Å². The highest BCUT2D eigenvalue weighted by Crippen LogP contribution is 2.12. The van der Waals surface area contributed by atoms with E-state index in [0.29, 0.717) is 11.4 Å². The van der Waals surface area contributed by atoms with E-state index in [1.807, 2.05) is 0 Å². The number of carbonyl (C=O) groups is 1. The van der Waals surface area contributed by atoms with Gasteiger partial charge >= 0.3 is 0 Å². The predicted molar refractivity (Wildman–Crippen MR) is 64.7 cm³/mol. The summed E-state index contributed by atoms with van der Waals surface area (Å²) >= 11 is 1.30. The van der Waals surface area contributed by atoms with Gasteiger partial charge in [-0.2, -0.15) is 0 Å². The quantitative estimate of drug-likeness (QED) is 0.549. The van der Waals surface area contributed by atoms with Gasteiger partial charge in [0.1, 0.15) is 10.7 Å². The largest absolute Gasteiger partial charge is 0.394 e. The fraction of sp³-hybridized carbons (Fsp3) is 0.600. The molecule has 0 unspecified atom stereocenters. The van der Waals surface area contributed by atoms with Gasteiger partial charge in [-0.05, 0) is 6.42 Å². The zero-order chi connectivity index (χ0) is 12.9. The van der Waals surface area contributed by atoms with Gasteiger partial charge in [-0.15, -0.1) is 11.3 Å². The molecule has 96 valence electrons. The second-order valence-electron chi connectivity index (χ2n) is 3.73. The van der Waals surface area contributed by atoms with Crippen LogP contribution in [-0.4, -0.2) is 39.9 Å². The topological polar surface area (TPSA) is 108 Å². The van der Waals surface area contributed by atoms with Crippen LogP contribution in [0.5, 0.6) is 0 Å². The summed E-state index contributed by atoms with van der Waals surface area (Å²) in [5, 5.41) is 23.3. The predicted octanol–water partition coefficient (Wildman–Crippen LogP) is -0.535. The molecule has 0 atom stereocenters. The molecule has 1 aromatic rings. The number of nitrogens with zero attached hydrogens (tertiary/aromatic N) is 1. The third-order valence-corrected chi connectivity index (χ3v) is 3.49. The lowest BCUT2D eigenvalue weighted by Crippen LogP contribution is -2.53. The summed E-state index contributed by atoms with van der Waals surface area (Å²) in [6, 6.07) is 0. The number of aliphatic hydroxyl groups is 2. The fourth-order valence-electron chi connectivity index (χ4n) is 1.25. The smallest absolute Gasteiger partial charge is 0.271 e. The van der Waals surface area contributed by atoms with Crippen molar-refractivity contribution < 1.29 is 15.0 Å². The van der Waals surface area contributed by atoms with E-state index < -0.39 is 11.4 Å². The summed E-state index contributed by atoms with van der Waals surface area (Å²) in [6.45, 7) is 1.43. The highest BCUT2D eigenvalue weighted by Gasteiger charge is 2.29. The third-order valence-electron chi connectivity index (χ3n) is 2.62. The molecule has 7 heteroatoms. The van der Waals surface area contributed by atoms with Crippen molar-refractivity contribution >= 4 is 17.2 Å². The molecule has 1 aromatic heterocycles. The molecule has 1 rings (SSSR count). The molecule has 0 aliphatic carbocycles. The molecule has 0 aromatic carbocycles. The lowest BCUT2D eigenvalue weighted by atomic mass is 9.98. The Bertz CT molecular complexity index is 368. The van der Waals surface area contributed by atoms with E-state index in [1.165, 1.54) is 11.3 Å². The Labute approximate surface area is 103 Å². The number of nitrogens with one attached hydrogen (secondary N) is 1. The zero-order valence-corrected chi connectivity index (χ0v) is 10.5. The van der Waals surface area contributed by atoms with Crippen molar-refractivity contribution in [3.63, 3.8) is 0 Å². The first kappa shape index (κ1) is 14.0. The number of hydrogen-bond acceptors (Lipinski definition) is 6. The Morgan fingerprint density at radius 1 is 1.59 bits per heavy atom. The van der Waals surface area contributed by atoms with Crippen LogP contribution in [0.25, 0.3) is 0 Å². The first-order valence-corrected chi connectivity index (χ1v) is 6.17. The Kier molecular flexibility index (Phi) is 5.01. The van der Waals surface area contributed by atoms with Crippen LogP contribution in [0, 0.1) is 0 Å². The highest BCUT2D eigenvalue weighted by molar-refractivity contribution is 7.09. The van der Waals surface area contributed by atoms with Crippen molar-refractivity contribution in [1.29, 1.82) is 0 Å². The average Bonchev–Trinajstić information content (AvgIpc) is 2.85. The van der Waals surface area contributed by atoms with E-state index in [1.54, 1.807) is 12.3 Å². The van der Waals surface area contributed by atoms with Crippen LogP contribution < -0.4 is 11.1 Å². The monoisotopic (exact) mass is 259 g/mol. The van der Waals surface area contributed by atoms with E-state index in [-0.39, 0.29) is 25.5 Å². The van der Waals surface area contributed by atoms with Crippen LogP contribution >= 0.6 is 11.3 Å². The van der Waals surface area contributed by atoms with Gasteiger partial charge in [0.2, 0.25) is 0 Å². The summed E-state index contributed by atoms with van der Waals surface area (Å²) in [6.07, 6.45) is 0.430. The van der Waals surface area contributed by atoms with Crippen molar-refractivity contribution in [2.75, 3.05) is 13.2 Å². The molecule has 0 saturated heterocycles. The molecule has 0 spiro atoms. The van der Waals surface area contributed by atoms with Crippen LogP contribution in [0.2, 0.25) is 0 Å². The minimum absolute atomic E-state index is 0.259. The first-order valence-electron chi connectivity index (χ1n) is 5.29. The molecule has 1 amide bonds.